The fourth-order valence-corrected chi connectivity index (χ4v) is 4.58. The summed E-state index contributed by atoms with van der Waals surface area (Å²) in [5, 5.41) is 28.9. The van der Waals surface area contributed by atoms with Gasteiger partial charge in [0.05, 0.1) is 31.0 Å². The van der Waals surface area contributed by atoms with Crippen molar-refractivity contribution in [1.82, 2.24) is 0 Å². The first-order chi connectivity index (χ1) is 15.8. The minimum Gasteiger partial charge on any atom is -0.496 e. The summed E-state index contributed by atoms with van der Waals surface area (Å²) in [4.78, 5) is 32.4. The van der Waals surface area contributed by atoms with E-state index in [0.717, 1.165) is 23.3 Å². The number of rotatable bonds is 5. The fraction of sp³-hybridized carbons (Fsp3) is 0.417. The van der Waals surface area contributed by atoms with E-state index in [4.69, 9.17) is 19.7 Å². The molecule has 4 rings (SSSR count). The molecule has 2 N–H and O–H groups in total. The number of carboxylic acid groups (broad SMARTS) is 2. The quantitative estimate of drug-likeness (QED) is 0.345. The summed E-state index contributed by atoms with van der Waals surface area (Å²) in [7, 11) is 3.16. The Morgan fingerprint density at radius 2 is 1.40 bits per heavy atom. The molecule has 2 atom stereocenters. The maximum absolute atomic E-state index is 11.0. The Morgan fingerprint density at radius 1 is 0.857 bits per heavy atom. The molecule has 2 aromatic carbocycles. The van der Waals surface area contributed by atoms with Gasteiger partial charge < -0.3 is 19.7 Å². The monoisotopic (exact) mass is 831 g/mol. The van der Waals surface area contributed by atoms with Gasteiger partial charge in [-0.05, 0) is 61.8 Å². The van der Waals surface area contributed by atoms with Gasteiger partial charge in [0.15, 0.2) is 0 Å². The zero-order valence-corrected chi connectivity index (χ0v) is 24.8. The number of nitrogens with zero attached hydrogens (tertiary/aromatic N) is 1. The second kappa shape index (κ2) is 13.7. The molecule has 0 heterocycles. The molecule has 0 saturated heterocycles. The maximum Gasteiger partial charge on any atom is 0.306 e. The Bertz CT molecular complexity index is 1080. The third-order valence-corrected chi connectivity index (χ3v) is 6.33. The number of carbonyl (C=O) groups is 2. The molecule has 0 amide bonds. The van der Waals surface area contributed by atoms with Crippen molar-refractivity contribution in [1.29, 1.82) is 0 Å². The summed E-state index contributed by atoms with van der Waals surface area (Å²) in [5.41, 5.74) is 3.55. The van der Waals surface area contributed by atoms with Crippen molar-refractivity contribution in [2.24, 2.45) is 11.8 Å². The second-order valence-electron chi connectivity index (χ2n) is 8.16. The van der Waals surface area contributed by atoms with Crippen molar-refractivity contribution in [2.45, 2.75) is 38.5 Å². The molecular weight excluding hydrogens is 803 g/mol. The van der Waals surface area contributed by atoms with Crippen LogP contribution in [-0.4, -0.2) is 41.3 Å². The van der Waals surface area contributed by atoms with Crippen LogP contribution < -0.4 is 9.47 Å². The molecule has 0 bridgehead atoms. The average Bonchev–Trinajstić information content (AvgIpc) is 2.82. The molecule has 0 saturated carbocycles. The first-order valence-corrected chi connectivity index (χ1v) is 10.7. The number of aliphatic carboxylic acids is 2. The largest absolute Gasteiger partial charge is 0.496 e. The van der Waals surface area contributed by atoms with Crippen LogP contribution in [-0.2, 0) is 76.1 Å². The van der Waals surface area contributed by atoms with Crippen molar-refractivity contribution in [3.05, 3.63) is 62.7 Å². The van der Waals surface area contributed by atoms with Gasteiger partial charge >= 0.3 is 11.9 Å². The van der Waals surface area contributed by atoms with Gasteiger partial charge in [-0.2, -0.15) is 0 Å². The van der Waals surface area contributed by atoms with E-state index in [0.29, 0.717) is 37.0 Å². The van der Waals surface area contributed by atoms with Gasteiger partial charge in [0, 0.05) is 58.0 Å². The topological polar surface area (TPSA) is 136 Å². The minimum atomic E-state index is -0.905. The number of hydrogen-bond donors (Lipinski definition) is 2. The summed E-state index contributed by atoms with van der Waals surface area (Å²) < 4.78 is 10.4. The molecule has 11 heteroatoms. The number of benzene rings is 2. The molecular formula is C24H27NO8Re2. The van der Waals surface area contributed by atoms with E-state index in [-0.39, 0.29) is 58.9 Å². The molecule has 2 aromatic rings. The normalized spacial score (nSPS) is 17.5. The average molecular weight is 830 g/mol. The molecule has 2 aliphatic carbocycles. The van der Waals surface area contributed by atoms with Crippen LogP contribution in [0.5, 0.6) is 11.5 Å². The summed E-state index contributed by atoms with van der Waals surface area (Å²) in [6.07, 6.45) is 3.32. The van der Waals surface area contributed by atoms with Gasteiger partial charge in [0.2, 0.25) is 0 Å². The molecule has 2 radical (unpaired) electrons. The third kappa shape index (κ3) is 7.11. The predicted octanol–water partition coefficient (Wildman–Crippen LogP) is 3.67. The van der Waals surface area contributed by atoms with E-state index in [2.05, 4.69) is 0 Å². The Balaban J connectivity index is 0.000000336. The van der Waals surface area contributed by atoms with Crippen molar-refractivity contribution < 1.29 is 75.0 Å². The van der Waals surface area contributed by atoms with Crippen LogP contribution in [0.25, 0.3) is 0 Å². The van der Waals surface area contributed by atoms with Gasteiger partial charge in [-0.3, -0.25) is 19.7 Å². The number of nitro groups is 1. The van der Waals surface area contributed by atoms with Crippen molar-refractivity contribution >= 4 is 17.6 Å². The first kappa shape index (κ1) is 30.7. The summed E-state index contributed by atoms with van der Waals surface area (Å²) in [6.45, 7) is 0. The molecule has 9 nitrogen and oxygen atoms in total. The number of carboxylic acids is 2. The summed E-state index contributed by atoms with van der Waals surface area (Å²) in [6, 6.07) is 8.79. The van der Waals surface area contributed by atoms with Crippen molar-refractivity contribution in [3.8, 4) is 11.5 Å². The fourth-order valence-electron chi connectivity index (χ4n) is 4.58. The number of methoxy groups -OCH3 is 2. The standard InChI is InChI=1S/C12H13NO5.C12H14O3.2Re/c1-18-11-5-4-10(13(16)17)9-6-7(12(14)15)2-3-8(9)11;1-15-11-4-2-3-8-7-9(12(13)14)5-6-10(8)11;;/h4-5,7H,2-3,6H2,1H3,(H,14,15);2-4,9H,5-7H2,1H3,(H,13,14);;. The van der Waals surface area contributed by atoms with E-state index in [1.54, 1.807) is 13.2 Å². The maximum atomic E-state index is 11.0. The minimum absolute atomic E-state index is 0. The SMILES string of the molecule is COc1ccc([N+](=O)[O-])c2c1CCC(C(=O)O)C2.COc1cccc2c1CCC(C(=O)O)C2.[Re].[Re]. The molecule has 190 valence electrons. The number of ether oxygens (including phenoxy) is 2. The molecule has 2 unspecified atom stereocenters. The Labute approximate surface area is 230 Å². The zero-order chi connectivity index (χ0) is 24.1. The van der Waals surface area contributed by atoms with Crippen LogP contribution in [0.1, 0.15) is 35.1 Å². The van der Waals surface area contributed by atoms with E-state index in [9.17, 15) is 19.7 Å². The smallest absolute Gasteiger partial charge is 0.306 e. The van der Waals surface area contributed by atoms with Crippen LogP contribution >= 0.6 is 0 Å². The van der Waals surface area contributed by atoms with Crippen LogP contribution in [0.3, 0.4) is 0 Å². The summed E-state index contributed by atoms with van der Waals surface area (Å²) >= 11 is 0. The third-order valence-electron chi connectivity index (χ3n) is 6.33. The van der Waals surface area contributed by atoms with E-state index >= 15 is 0 Å². The molecule has 0 aliphatic heterocycles. The van der Waals surface area contributed by atoms with Gasteiger partial charge in [0.25, 0.3) is 5.69 Å². The van der Waals surface area contributed by atoms with Gasteiger partial charge in [-0.25, -0.2) is 0 Å². The van der Waals surface area contributed by atoms with E-state index in [1.165, 1.54) is 18.7 Å². The van der Waals surface area contributed by atoms with Crippen LogP contribution in [0.2, 0.25) is 0 Å². The van der Waals surface area contributed by atoms with Crippen molar-refractivity contribution in [3.63, 3.8) is 0 Å². The number of fused-ring (bicyclic) bond motifs is 2. The van der Waals surface area contributed by atoms with E-state index in [1.807, 2.05) is 18.2 Å². The molecule has 2 aliphatic rings. The molecule has 35 heavy (non-hydrogen) atoms. The molecule has 0 aromatic heterocycles. The van der Waals surface area contributed by atoms with Gasteiger partial charge in [0.1, 0.15) is 11.5 Å². The number of nitro benzene ring substituents is 1. The first-order valence-electron chi connectivity index (χ1n) is 10.7. The van der Waals surface area contributed by atoms with Crippen LogP contribution in [0.15, 0.2) is 30.3 Å². The molecule has 0 spiro atoms. The number of hydrogen-bond acceptors (Lipinski definition) is 6. The second-order valence-corrected chi connectivity index (χ2v) is 8.16. The summed E-state index contributed by atoms with van der Waals surface area (Å²) in [5.74, 6) is -0.898. The van der Waals surface area contributed by atoms with Crippen molar-refractivity contribution in [2.75, 3.05) is 14.2 Å². The Kier molecular flexibility index (Phi) is 12.0. The zero-order valence-electron chi connectivity index (χ0n) is 19.3. The Hall–Kier alpha value is -2.30. The predicted molar refractivity (Wildman–Crippen MR) is 119 cm³/mol. The Morgan fingerprint density at radius 3 is 1.94 bits per heavy atom. The van der Waals surface area contributed by atoms with E-state index < -0.39 is 22.8 Å². The van der Waals surface area contributed by atoms with Gasteiger partial charge in [-0.15, -0.1) is 0 Å². The van der Waals surface area contributed by atoms with Gasteiger partial charge in [-0.1, -0.05) is 12.1 Å². The van der Waals surface area contributed by atoms with Crippen LogP contribution in [0, 0.1) is 22.0 Å². The van der Waals surface area contributed by atoms with Crippen LogP contribution in [0.4, 0.5) is 5.69 Å². The molecule has 0 fully saturated rings.